The van der Waals surface area contributed by atoms with E-state index in [-0.39, 0.29) is 11.4 Å². The van der Waals surface area contributed by atoms with Gasteiger partial charge >= 0.3 is 0 Å². The van der Waals surface area contributed by atoms with Crippen LogP contribution in [0.2, 0.25) is 0 Å². The van der Waals surface area contributed by atoms with Gasteiger partial charge in [0.05, 0.1) is 42.7 Å². The Hall–Kier alpha value is -3.12. The Morgan fingerprint density at radius 2 is 1.97 bits per heavy atom. The number of pyridine rings is 1. The SMILES string of the molecule is CCCS(=O)(=O)Nc1ccc(F)c(-n2cc(-c3cncc(N4CCOCC4)c3)nn2)c1F. The van der Waals surface area contributed by atoms with Crippen LogP contribution < -0.4 is 9.62 Å². The highest BCUT2D eigenvalue weighted by Gasteiger charge is 2.21. The number of ether oxygens (including phenoxy) is 1. The average Bonchev–Trinajstić information content (AvgIpc) is 3.26. The zero-order chi connectivity index (χ0) is 22.7. The molecule has 1 saturated heterocycles. The van der Waals surface area contributed by atoms with E-state index >= 15 is 4.39 Å². The Labute approximate surface area is 184 Å². The summed E-state index contributed by atoms with van der Waals surface area (Å²) in [5.74, 6) is -2.17. The largest absolute Gasteiger partial charge is 0.378 e. The van der Waals surface area contributed by atoms with Crippen molar-refractivity contribution < 1.29 is 21.9 Å². The predicted molar refractivity (Wildman–Crippen MR) is 115 cm³/mol. The molecule has 1 N–H and O–H groups in total. The minimum atomic E-state index is -3.75. The maximum Gasteiger partial charge on any atom is 0.232 e. The summed E-state index contributed by atoms with van der Waals surface area (Å²) in [7, 11) is -3.75. The first-order chi connectivity index (χ1) is 15.4. The summed E-state index contributed by atoms with van der Waals surface area (Å²) in [6, 6.07) is 3.88. The molecule has 32 heavy (non-hydrogen) atoms. The van der Waals surface area contributed by atoms with Crippen molar-refractivity contribution in [2.45, 2.75) is 13.3 Å². The van der Waals surface area contributed by atoms with Crippen LogP contribution in [0.4, 0.5) is 20.2 Å². The van der Waals surface area contributed by atoms with E-state index in [1.165, 1.54) is 6.20 Å². The standard InChI is InChI=1S/C20H22F2N6O3S/c1-2-9-32(29,30)25-17-4-3-16(21)20(19(17)22)28-13-18(24-26-28)14-10-15(12-23-11-14)27-5-7-31-8-6-27/h3-4,10-13,25H,2,5-9H2,1H3. The smallest absolute Gasteiger partial charge is 0.232 e. The van der Waals surface area contributed by atoms with Crippen LogP contribution in [0.25, 0.3) is 16.9 Å². The van der Waals surface area contributed by atoms with E-state index in [2.05, 4.69) is 24.9 Å². The highest BCUT2D eigenvalue weighted by molar-refractivity contribution is 7.92. The molecule has 1 aliphatic heterocycles. The van der Waals surface area contributed by atoms with Crippen molar-refractivity contribution in [3.63, 3.8) is 0 Å². The number of hydrogen-bond acceptors (Lipinski definition) is 7. The fraction of sp³-hybridized carbons (Fsp3) is 0.350. The molecular weight excluding hydrogens is 442 g/mol. The van der Waals surface area contributed by atoms with E-state index in [0.717, 1.165) is 35.6 Å². The molecule has 2 aromatic heterocycles. The molecule has 0 spiro atoms. The van der Waals surface area contributed by atoms with Crippen LogP contribution in [0.3, 0.4) is 0 Å². The molecule has 3 heterocycles. The first kappa shape index (κ1) is 22.1. The fourth-order valence-corrected chi connectivity index (χ4v) is 4.52. The third-order valence-electron chi connectivity index (χ3n) is 4.92. The number of halogens is 2. The molecule has 0 amide bonds. The highest BCUT2D eigenvalue weighted by atomic mass is 32.2. The fourth-order valence-electron chi connectivity index (χ4n) is 3.38. The molecule has 12 heteroatoms. The maximum absolute atomic E-state index is 15.0. The van der Waals surface area contributed by atoms with Gasteiger partial charge in [0.1, 0.15) is 11.4 Å². The number of rotatable bonds is 7. The van der Waals surface area contributed by atoms with Crippen LogP contribution in [0, 0.1) is 11.6 Å². The van der Waals surface area contributed by atoms with Gasteiger partial charge < -0.3 is 9.64 Å². The van der Waals surface area contributed by atoms with Gasteiger partial charge in [-0.05, 0) is 24.6 Å². The van der Waals surface area contributed by atoms with Crippen molar-refractivity contribution in [3.8, 4) is 16.9 Å². The first-order valence-electron chi connectivity index (χ1n) is 10.1. The zero-order valence-electron chi connectivity index (χ0n) is 17.3. The quantitative estimate of drug-likeness (QED) is 0.573. The van der Waals surface area contributed by atoms with Crippen LogP contribution in [0.5, 0.6) is 0 Å². The lowest BCUT2D eigenvalue weighted by Gasteiger charge is -2.28. The van der Waals surface area contributed by atoms with Gasteiger partial charge in [0, 0.05) is 24.8 Å². The van der Waals surface area contributed by atoms with E-state index < -0.39 is 27.3 Å². The van der Waals surface area contributed by atoms with Crippen molar-refractivity contribution >= 4 is 21.4 Å². The third kappa shape index (κ3) is 4.70. The van der Waals surface area contributed by atoms with Gasteiger partial charge in [-0.15, -0.1) is 5.10 Å². The average molecular weight is 464 g/mol. The van der Waals surface area contributed by atoms with Crippen molar-refractivity contribution in [3.05, 3.63) is 48.4 Å². The number of nitrogens with one attached hydrogen (secondary N) is 1. The maximum atomic E-state index is 15.0. The number of benzene rings is 1. The molecular formula is C20H22F2N6O3S. The lowest BCUT2D eigenvalue weighted by molar-refractivity contribution is 0.122. The monoisotopic (exact) mass is 464 g/mol. The number of nitrogens with zero attached hydrogens (tertiary/aromatic N) is 5. The highest BCUT2D eigenvalue weighted by Crippen LogP contribution is 2.27. The minimum Gasteiger partial charge on any atom is -0.378 e. The van der Waals surface area contributed by atoms with Crippen LogP contribution in [-0.2, 0) is 14.8 Å². The predicted octanol–water partition coefficient (Wildman–Crippen LogP) is 2.60. The van der Waals surface area contributed by atoms with Crippen LogP contribution in [0.15, 0.2) is 36.8 Å². The second-order valence-corrected chi connectivity index (χ2v) is 9.10. The molecule has 1 aromatic carbocycles. The second kappa shape index (κ2) is 9.17. The third-order valence-corrected chi connectivity index (χ3v) is 6.40. The molecule has 1 aliphatic rings. The minimum absolute atomic E-state index is 0.181. The molecule has 0 bridgehead atoms. The number of morpholine rings is 1. The summed E-state index contributed by atoms with van der Waals surface area (Å²) in [5.41, 5.74) is 0.981. The summed E-state index contributed by atoms with van der Waals surface area (Å²) in [5, 5.41) is 7.87. The zero-order valence-corrected chi connectivity index (χ0v) is 18.1. The Morgan fingerprint density at radius 1 is 1.19 bits per heavy atom. The van der Waals surface area contributed by atoms with E-state index in [0.29, 0.717) is 30.9 Å². The number of aromatic nitrogens is 4. The van der Waals surface area contributed by atoms with Gasteiger partial charge in [0.15, 0.2) is 11.6 Å². The molecule has 4 rings (SSSR count). The molecule has 1 fully saturated rings. The molecule has 170 valence electrons. The lowest BCUT2D eigenvalue weighted by atomic mass is 10.2. The molecule has 0 radical (unpaired) electrons. The van der Waals surface area contributed by atoms with Gasteiger partial charge in [-0.25, -0.2) is 21.9 Å². The Morgan fingerprint density at radius 3 is 2.72 bits per heavy atom. The van der Waals surface area contributed by atoms with Crippen molar-refractivity contribution in [2.75, 3.05) is 41.7 Å². The van der Waals surface area contributed by atoms with Crippen molar-refractivity contribution in [1.82, 2.24) is 20.0 Å². The summed E-state index contributed by atoms with van der Waals surface area (Å²) < 4.78 is 62.0. The molecule has 0 unspecified atom stereocenters. The van der Waals surface area contributed by atoms with Gasteiger partial charge in [0.25, 0.3) is 0 Å². The van der Waals surface area contributed by atoms with Crippen molar-refractivity contribution in [2.24, 2.45) is 0 Å². The van der Waals surface area contributed by atoms with E-state index in [1.807, 2.05) is 6.07 Å². The first-order valence-corrected chi connectivity index (χ1v) is 11.7. The molecule has 0 saturated carbocycles. The molecule has 0 atom stereocenters. The topological polar surface area (TPSA) is 102 Å². The molecule has 0 aliphatic carbocycles. The second-order valence-electron chi connectivity index (χ2n) is 7.26. The van der Waals surface area contributed by atoms with Gasteiger partial charge in [0.2, 0.25) is 10.0 Å². The molecule has 9 nitrogen and oxygen atoms in total. The summed E-state index contributed by atoms with van der Waals surface area (Å²) in [6.07, 6.45) is 5.03. The molecule has 3 aromatic rings. The number of hydrogen-bond donors (Lipinski definition) is 1. The van der Waals surface area contributed by atoms with Crippen LogP contribution in [-0.4, -0.2) is 60.5 Å². The number of sulfonamides is 1. The Bertz CT molecular complexity index is 1210. The normalized spacial score (nSPS) is 14.5. The van der Waals surface area contributed by atoms with E-state index in [4.69, 9.17) is 4.74 Å². The van der Waals surface area contributed by atoms with Gasteiger partial charge in [-0.3, -0.25) is 9.71 Å². The lowest BCUT2D eigenvalue weighted by Crippen LogP contribution is -2.36. The Kier molecular flexibility index (Phi) is 6.33. The van der Waals surface area contributed by atoms with Gasteiger partial charge in [-0.1, -0.05) is 12.1 Å². The number of anilines is 2. The summed E-state index contributed by atoms with van der Waals surface area (Å²) >= 11 is 0. The van der Waals surface area contributed by atoms with E-state index in [9.17, 15) is 12.8 Å². The van der Waals surface area contributed by atoms with Crippen LogP contribution in [0.1, 0.15) is 13.3 Å². The van der Waals surface area contributed by atoms with Crippen LogP contribution >= 0.6 is 0 Å². The summed E-state index contributed by atoms with van der Waals surface area (Å²) in [6.45, 7) is 4.39. The van der Waals surface area contributed by atoms with Gasteiger partial charge in [-0.2, -0.15) is 0 Å². The van der Waals surface area contributed by atoms with E-state index in [1.54, 1.807) is 19.3 Å². The van der Waals surface area contributed by atoms with Crippen molar-refractivity contribution in [1.29, 1.82) is 0 Å². The Balaban J connectivity index is 1.65. The summed E-state index contributed by atoms with van der Waals surface area (Å²) in [4.78, 5) is 6.36.